The van der Waals surface area contributed by atoms with Gasteiger partial charge < -0.3 is 10.6 Å². The summed E-state index contributed by atoms with van der Waals surface area (Å²) in [6.45, 7) is 0.277. The molecule has 14 heavy (non-hydrogen) atoms. The van der Waals surface area contributed by atoms with Gasteiger partial charge in [-0.05, 0) is 18.2 Å². The van der Waals surface area contributed by atoms with Gasteiger partial charge in [-0.15, -0.1) is 0 Å². The van der Waals surface area contributed by atoms with E-state index in [0.29, 0.717) is 0 Å². The highest BCUT2D eigenvalue weighted by atomic mass is 19.1. The summed E-state index contributed by atoms with van der Waals surface area (Å²) < 4.78 is 26.0. The molecule has 0 spiro atoms. The Kier molecular flexibility index (Phi) is 2.07. The average molecular weight is 198 g/mol. The van der Waals surface area contributed by atoms with Crippen LogP contribution in [0.3, 0.4) is 0 Å². The van der Waals surface area contributed by atoms with Gasteiger partial charge in [0, 0.05) is 12.1 Å². The van der Waals surface area contributed by atoms with Crippen molar-refractivity contribution in [2.45, 2.75) is 6.04 Å². The Hall–Kier alpha value is -1.65. The van der Waals surface area contributed by atoms with Crippen LogP contribution >= 0.6 is 0 Å². The maximum absolute atomic E-state index is 13.2. The van der Waals surface area contributed by atoms with Crippen molar-refractivity contribution in [3.63, 3.8) is 0 Å². The Morgan fingerprint density at radius 3 is 2.79 bits per heavy atom. The van der Waals surface area contributed by atoms with E-state index in [9.17, 15) is 13.6 Å². The summed E-state index contributed by atoms with van der Waals surface area (Å²) in [6, 6.07) is 2.34. The molecule has 1 aliphatic rings. The molecule has 2 N–H and O–H groups in total. The van der Waals surface area contributed by atoms with Gasteiger partial charge >= 0.3 is 6.03 Å². The largest absolute Gasteiger partial charge is 0.336 e. The zero-order valence-corrected chi connectivity index (χ0v) is 7.18. The Bertz CT molecular complexity index is 381. The van der Waals surface area contributed by atoms with E-state index in [-0.39, 0.29) is 18.1 Å². The van der Waals surface area contributed by atoms with E-state index in [4.69, 9.17) is 0 Å². The van der Waals surface area contributed by atoms with Crippen molar-refractivity contribution >= 4 is 6.03 Å². The second kappa shape index (κ2) is 3.25. The molecule has 0 saturated carbocycles. The molecule has 1 aromatic carbocycles. The first-order valence-corrected chi connectivity index (χ1v) is 4.16. The number of rotatable bonds is 1. The fourth-order valence-corrected chi connectivity index (χ4v) is 1.42. The molecule has 1 heterocycles. The van der Waals surface area contributed by atoms with Crippen LogP contribution in [0.2, 0.25) is 0 Å². The van der Waals surface area contributed by atoms with Crippen molar-refractivity contribution in [1.82, 2.24) is 10.6 Å². The van der Waals surface area contributed by atoms with Crippen molar-refractivity contribution in [3.8, 4) is 0 Å². The number of hydrogen-bond donors (Lipinski definition) is 2. The van der Waals surface area contributed by atoms with Crippen LogP contribution in [0.4, 0.5) is 13.6 Å². The second-order valence-electron chi connectivity index (χ2n) is 3.07. The molecule has 1 fully saturated rings. The summed E-state index contributed by atoms with van der Waals surface area (Å²) in [5.74, 6) is -1.03. The zero-order chi connectivity index (χ0) is 10.1. The third-order valence-electron chi connectivity index (χ3n) is 2.11. The summed E-state index contributed by atoms with van der Waals surface area (Å²) in [7, 11) is 0. The van der Waals surface area contributed by atoms with Crippen LogP contribution in [0.1, 0.15) is 11.6 Å². The molecule has 0 radical (unpaired) electrons. The van der Waals surface area contributed by atoms with Crippen molar-refractivity contribution in [3.05, 3.63) is 35.4 Å². The van der Waals surface area contributed by atoms with Crippen LogP contribution in [0.15, 0.2) is 18.2 Å². The van der Waals surface area contributed by atoms with Crippen molar-refractivity contribution in [2.75, 3.05) is 6.54 Å². The Morgan fingerprint density at radius 2 is 2.14 bits per heavy atom. The lowest BCUT2D eigenvalue weighted by atomic mass is 10.1. The van der Waals surface area contributed by atoms with E-state index in [1.54, 1.807) is 0 Å². The maximum atomic E-state index is 13.2. The summed E-state index contributed by atoms with van der Waals surface area (Å²) >= 11 is 0. The zero-order valence-electron chi connectivity index (χ0n) is 7.18. The predicted octanol–water partition coefficient (Wildman–Crippen LogP) is 1.32. The number of carbonyl (C=O) groups is 1. The number of carbonyl (C=O) groups excluding carboxylic acids is 1. The molecule has 0 aliphatic carbocycles. The number of halogens is 2. The number of nitrogens with one attached hydrogen (secondary N) is 2. The van der Waals surface area contributed by atoms with Crippen molar-refractivity contribution in [1.29, 1.82) is 0 Å². The van der Waals surface area contributed by atoms with E-state index >= 15 is 0 Å². The lowest BCUT2D eigenvalue weighted by Gasteiger charge is -2.09. The fraction of sp³-hybridized carbons (Fsp3) is 0.222. The Morgan fingerprint density at radius 1 is 1.36 bits per heavy atom. The first-order chi connectivity index (χ1) is 6.66. The molecule has 1 saturated heterocycles. The average Bonchev–Trinajstić information content (AvgIpc) is 2.56. The molecular formula is C9H8F2N2O. The van der Waals surface area contributed by atoms with Gasteiger partial charge in [-0.25, -0.2) is 13.6 Å². The topological polar surface area (TPSA) is 41.1 Å². The van der Waals surface area contributed by atoms with Crippen LogP contribution < -0.4 is 10.6 Å². The first-order valence-electron chi connectivity index (χ1n) is 4.16. The summed E-state index contributed by atoms with van der Waals surface area (Å²) in [5, 5.41) is 4.96. The van der Waals surface area contributed by atoms with Crippen LogP contribution in [0, 0.1) is 11.6 Å². The molecule has 3 nitrogen and oxygen atoms in total. The standard InChI is InChI=1S/C9H8F2N2O/c10-5-1-2-7(11)6(3-5)8-4-12-9(14)13-8/h1-3,8H,4H2,(H2,12,13,14)/t8-/m1/s1. The molecule has 1 aromatic rings. The van der Waals surface area contributed by atoms with Crippen LogP contribution in [0.5, 0.6) is 0 Å². The number of urea groups is 1. The maximum Gasteiger partial charge on any atom is 0.315 e. The van der Waals surface area contributed by atoms with Gasteiger partial charge in [-0.2, -0.15) is 0 Å². The normalized spacial score (nSPS) is 20.4. The predicted molar refractivity (Wildman–Crippen MR) is 45.6 cm³/mol. The van der Waals surface area contributed by atoms with Crippen molar-refractivity contribution in [2.24, 2.45) is 0 Å². The molecule has 74 valence electrons. The fourth-order valence-electron chi connectivity index (χ4n) is 1.42. The summed E-state index contributed by atoms with van der Waals surface area (Å²) in [4.78, 5) is 10.8. The Labute approximate surface area is 79.1 Å². The van der Waals surface area contributed by atoms with E-state index in [0.717, 1.165) is 18.2 Å². The number of amides is 2. The second-order valence-corrected chi connectivity index (χ2v) is 3.07. The number of hydrogen-bond acceptors (Lipinski definition) is 1. The van der Waals surface area contributed by atoms with Gasteiger partial charge in [-0.3, -0.25) is 0 Å². The molecular weight excluding hydrogens is 190 g/mol. The van der Waals surface area contributed by atoms with E-state index < -0.39 is 17.7 Å². The van der Waals surface area contributed by atoms with E-state index in [2.05, 4.69) is 10.6 Å². The molecule has 5 heteroatoms. The summed E-state index contributed by atoms with van der Waals surface area (Å²) in [6.07, 6.45) is 0. The third kappa shape index (κ3) is 1.53. The lowest BCUT2D eigenvalue weighted by Crippen LogP contribution is -2.22. The van der Waals surface area contributed by atoms with E-state index in [1.165, 1.54) is 0 Å². The molecule has 0 aromatic heterocycles. The smallest absolute Gasteiger partial charge is 0.315 e. The van der Waals surface area contributed by atoms with Gasteiger partial charge in [0.1, 0.15) is 11.6 Å². The van der Waals surface area contributed by atoms with Gasteiger partial charge in [0.25, 0.3) is 0 Å². The highest BCUT2D eigenvalue weighted by Crippen LogP contribution is 2.19. The van der Waals surface area contributed by atoms with Gasteiger partial charge in [0.05, 0.1) is 6.04 Å². The minimum Gasteiger partial charge on any atom is -0.336 e. The quantitative estimate of drug-likeness (QED) is 0.702. The highest BCUT2D eigenvalue weighted by molar-refractivity contribution is 5.76. The van der Waals surface area contributed by atoms with Crippen LogP contribution in [-0.4, -0.2) is 12.6 Å². The first kappa shape index (κ1) is 8.93. The third-order valence-corrected chi connectivity index (χ3v) is 2.11. The molecule has 0 bridgehead atoms. The molecule has 2 rings (SSSR count). The lowest BCUT2D eigenvalue weighted by molar-refractivity contribution is 0.247. The summed E-state index contributed by atoms with van der Waals surface area (Å²) in [5.41, 5.74) is 0.170. The van der Waals surface area contributed by atoms with Gasteiger partial charge in [0.15, 0.2) is 0 Å². The molecule has 0 unspecified atom stereocenters. The molecule has 2 amide bonds. The minimum atomic E-state index is -0.514. The minimum absolute atomic E-state index is 0.170. The van der Waals surface area contributed by atoms with E-state index in [1.807, 2.05) is 0 Å². The molecule has 1 aliphatic heterocycles. The van der Waals surface area contributed by atoms with Gasteiger partial charge in [-0.1, -0.05) is 0 Å². The highest BCUT2D eigenvalue weighted by Gasteiger charge is 2.24. The Balaban J connectivity index is 2.31. The van der Waals surface area contributed by atoms with Crippen molar-refractivity contribution < 1.29 is 13.6 Å². The number of benzene rings is 1. The van der Waals surface area contributed by atoms with Crippen LogP contribution in [-0.2, 0) is 0 Å². The SMILES string of the molecule is O=C1NC[C@H](c2cc(F)ccc2F)N1. The monoisotopic (exact) mass is 198 g/mol. The van der Waals surface area contributed by atoms with Crippen LogP contribution in [0.25, 0.3) is 0 Å². The molecule has 1 atom stereocenters. The van der Waals surface area contributed by atoms with Gasteiger partial charge in [0.2, 0.25) is 0 Å².